The van der Waals surface area contributed by atoms with Crippen LogP contribution < -0.4 is 0 Å². The molecule has 1 aliphatic carbocycles. The van der Waals surface area contributed by atoms with Crippen LogP contribution in [0.1, 0.15) is 0 Å². The van der Waals surface area contributed by atoms with E-state index in [1.54, 1.807) is 0 Å². The summed E-state index contributed by atoms with van der Waals surface area (Å²) in [5.74, 6) is 0. The lowest BCUT2D eigenvalue weighted by molar-refractivity contribution is -0.0831. The monoisotopic (exact) mass is 219 g/mol. The van der Waals surface area contributed by atoms with E-state index < -0.39 is 36.4 Å². The molecule has 6 unspecified atom stereocenters. The molecule has 0 saturated heterocycles. The van der Waals surface area contributed by atoms with Gasteiger partial charge < -0.3 is 15.3 Å². The fraction of sp³-hybridized carbons (Fsp3) is 1.00. The van der Waals surface area contributed by atoms with Crippen LogP contribution in [0.15, 0.2) is 15.5 Å². The SMILES string of the molecule is O=NC1C(O)C(O)C(N=O)C(N=O)C1O. The summed E-state index contributed by atoms with van der Waals surface area (Å²) in [5, 5.41) is 35.1. The Hall–Kier alpha value is -1.32. The van der Waals surface area contributed by atoms with Crippen molar-refractivity contribution in [1.29, 1.82) is 0 Å². The molecule has 1 aliphatic rings. The molecule has 15 heavy (non-hydrogen) atoms. The molecule has 0 aromatic carbocycles. The maximum atomic E-state index is 10.3. The number of hydrogen-bond donors (Lipinski definition) is 3. The first-order valence-electron chi connectivity index (χ1n) is 4.10. The molecule has 0 aliphatic heterocycles. The lowest BCUT2D eigenvalue weighted by Crippen LogP contribution is -2.61. The van der Waals surface area contributed by atoms with Gasteiger partial charge in [0.2, 0.25) is 0 Å². The third-order valence-electron chi connectivity index (χ3n) is 2.46. The molecule has 9 nitrogen and oxygen atoms in total. The highest BCUT2D eigenvalue weighted by molar-refractivity contribution is 5.07. The standard InChI is InChI=1S/C6H9N3O6/c10-4-1(7-13)2(8-14)5(11)6(12)3(4)9-15/h1-6,10-12H. The van der Waals surface area contributed by atoms with Gasteiger partial charge in [0.1, 0.15) is 36.4 Å². The summed E-state index contributed by atoms with van der Waals surface area (Å²) in [6.45, 7) is 0. The zero-order valence-corrected chi connectivity index (χ0v) is 7.37. The predicted molar refractivity (Wildman–Crippen MR) is 46.8 cm³/mol. The van der Waals surface area contributed by atoms with Crippen LogP contribution in [-0.2, 0) is 0 Å². The fourth-order valence-electron chi connectivity index (χ4n) is 1.59. The Morgan fingerprint density at radius 3 is 1.33 bits per heavy atom. The topological polar surface area (TPSA) is 149 Å². The van der Waals surface area contributed by atoms with Crippen molar-refractivity contribution in [2.45, 2.75) is 36.4 Å². The number of aliphatic hydroxyl groups is 3. The van der Waals surface area contributed by atoms with Gasteiger partial charge in [0, 0.05) is 0 Å². The minimum Gasteiger partial charge on any atom is -0.388 e. The van der Waals surface area contributed by atoms with E-state index in [9.17, 15) is 30.0 Å². The Bertz CT molecular complexity index is 274. The summed E-state index contributed by atoms with van der Waals surface area (Å²) >= 11 is 0. The van der Waals surface area contributed by atoms with Gasteiger partial charge in [-0.2, -0.15) is 14.7 Å². The molecule has 0 spiro atoms. The zero-order chi connectivity index (χ0) is 11.6. The van der Waals surface area contributed by atoms with E-state index in [0.29, 0.717) is 0 Å². The van der Waals surface area contributed by atoms with Crippen LogP contribution in [0, 0.1) is 14.7 Å². The molecular weight excluding hydrogens is 210 g/mol. The minimum atomic E-state index is -1.74. The second-order valence-electron chi connectivity index (χ2n) is 3.26. The largest absolute Gasteiger partial charge is 0.388 e. The molecular formula is C6H9N3O6. The van der Waals surface area contributed by atoms with Crippen molar-refractivity contribution < 1.29 is 15.3 Å². The van der Waals surface area contributed by atoms with Gasteiger partial charge in [-0.05, 0) is 0 Å². The smallest absolute Gasteiger partial charge is 0.149 e. The summed E-state index contributed by atoms with van der Waals surface area (Å²) < 4.78 is 0. The molecule has 6 atom stereocenters. The summed E-state index contributed by atoms with van der Waals surface area (Å²) in [5.41, 5.74) is 0. The van der Waals surface area contributed by atoms with Gasteiger partial charge in [0.25, 0.3) is 0 Å². The van der Waals surface area contributed by atoms with Crippen molar-refractivity contribution in [3.8, 4) is 0 Å². The van der Waals surface area contributed by atoms with Crippen LogP contribution in [-0.4, -0.2) is 51.8 Å². The first-order valence-corrected chi connectivity index (χ1v) is 4.10. The van der Waals surface area contributed by atoms with E-state index in [-0.39, 0.29) is 0 Å². The average Bonchev–Trinajstić information content (AvgIpc) is 2.23. The Labute approximate surface area is 83.0 Å². The zero-order valence-electron chi connectivity index (χ0n) is 7.37. The number of rotatable bonds is 3. The van der Waals surface area contributed by atoms with Crippen molar-refractivity contribution in [2.75, 3.05) is 0 Å². The first kappa shape index (κ1) is 11.8. The van der Waals surface area contributed by atoms with E-state index in [1.807, 2.05) is 0 Å². The summed E-state index contributed by atoms with van der Waals surface area (Å²) in [4.78, 5) is 30.8. The Kier molecular flexibility index (Phi) is 3.50. The first-order chi connectivity index (χ1) is 7.08. The second kappa shape index (κ2) is 4.47. The quantitative estimate of drug-likeness (QED) is 0.491. The Morgan fingerprint density at radius 2 is 0.933 bits per heavy atom. The number of nitrogens with zero attached hydrogens (tertiary/aromatic N) is 3. The average molecular weight is 219 g/mol. The number of aliphatic hydroxyl groups excluding tert-OH is 3. The van der Waals surface area contributed by atoms with Crippen molar-refractivity contribution >= 4 is 0 Å². The van der Waals surface area contributed by atoms with Gasteiger partial charge in [-0.15, -0.1) is 0 Å². The van der Waals surface area contributed by atoms with Crippen molar-refractivity contribution in [2.24, 2.45) is 15.5 Å². The van der Waals surface area contributed by atoms with Crippen LogP contribution in [0.2, 0.25) is 0 Å². The van der Waals surface area contributed by atoms with E-state index in [0.717, 1.165) is 0 Å². The van der Waals surface area contributed by atoms with E-state index in [2.05, 4.69) is 15.5 Å². The molecule has 0 radical (unpaired) electrons. The molecule has 0 aromatic heterocycles. The summed E-state index contributed by atoms with van der Waals surface area (Å²) in [6.07, 6.45) is -5.20. The second-order valence-corrected chi connectivity index (χ2v) is 3.26. The van der Waals surface area contributed by atoms with E-state index in [4.69, 9.17) is 0 Å². The van der Waals surface area contributed by atoms with Crippen LogP contribution in [0.3, 0.4) is 0 Å². The number of hydrogen-bond acceptors (Lipinski definition) is 9. The maximum Gasteiger partial charge on any atom is 0.149 e. The molecule has 1 rings (SSSR count). The van der Waals surface area contributed by atoms with Crippen molar-refractivity contribution in [1.82, 2.24) is 0 Å². The van der Waals surface area contributed by atoms with Crippen LogP contribution in [0.25, 0.3) is 0 Å². The van der Waals surface area contributed by atoms with Gasteiger partial charge >= 0.3 is 0 Å². The summed E-state index contributed by atoms with van der Waals surface area (Å²) in [7, 11) is 0. The molecule has 1 fully saturated rings. The number of nitroso groups, excluding NO2 is 3. The molecule has 0 aromatic rings. The molecule has 3 N–H and O–H groups in total. The minimum absolute atomic E-state index is 1.58. The Balaban J connectivity index is 3.02. The predicted octanol–water partition coefficient (Wildman–Crippen LogP) is -1.51. The molecule has 84 valence electrons. The normalized spacial score (nSPS) is 45.8. The van der Waals surface area contributed by atoms with Crippen molar-refractivity contribution in [3.63, 3.8) is 0 Å². The molecule has 0 amide bonds. The molecule has 0 bridgehead atoms. The third-order valence-corrected chi connectivity index (χ3v) is 2.46. The van der Waals surface area contributed by atoms with Gasteiger partial charge in [-0.1, -0.05) is 15.5 Å². The lowest BCUT2D eigenvalue weighted by Gasteiger charge is -2.36. The maximum absolute atomic E-state index is 10.3. The molecule has 9 heteroatoms. The van der Waals surface area contributed by atoms with E-state index in [1.165, 1.54) is 0 Å². The van der Waals surface area contributed by atoms with Gasteiger partial charge in [0.15, 0.2) is 0 Å². The van der Waals surface area contributed by atoms with Crippen molar-refractivity contribution in [3.05, 3.63) is 14.7 Å². The third kappa shape index (κ3) is 1.76. The highest BCUT2D eigenvalue weighted by Gasteiger charge is 2.52. The molecule has 0 heterocycles. The summed E-state index contributed by atoms with van der Waals surface area (Å²) in [6, 6.07) is -4.75. The van der Waals surface area contributed by atoms with Crippen LogP contribution >= 0.6 is 0 Å². The molecule has 1 saturated carbocycles. The van der Waals surface area contributed by atoms with Gasteiger partial charge in [-0.3, -0.25) is 0 Å². The fourth-order valence-corrected chi connectivity index (χ4v) is 1.59. The highest BCUT2D eigenvalue weighted by Crippen LogP contribution is 2.27. The van der Waals surface area contributed by atoms with Gasteiger partial charge in [-0.25, -0.2) is 0 Å². The van der Waals surface area contributed by atoms with Crippen LogP contribution in [0.5, 0.6) is 0 Å². The Morgan fingerprint density at radius 1 is 0.600 bits per heavy atom. The van der Waals surface area contributed by atoms with Gasteiger partial charge in [0.05, 0.1) is 0 Å². The van der Waals surface area contributed by atoms with Crippen LogP contribution in [0.4, 0.5) is 0 Å². The van der Waals surface area contributed by atoms with E-state index >= 15 is 0 Å². The lowest BCUT2D eigenvalue weighted by atomic mass is 9.81. The highest BCUT2D eigenvalue weighted by atomic mass is 16.4.